The van der Waals surface area contributed by atoms with Gasteiger partial charge in [-0.15, -0.1) is 0 Å². The summed E-state index contributed by atoms with van der Waals surface area (Å²) in [7, 11) is 0. The van der Waals surface area contributed by atoms with Crippen molar-refractivity contribution in [3.8, 4) is 6.07 Å². The van der Waals surface area contributed by atoms with Gasteiger partial charge < -0.3 is 9.47 Å². The van der Waals surface area contributed by atoms with Crippen LogP contribution in [0.25, 0.3) is 0 Å². The molecule has 1 aliphatic heterocycles. The molecule has 0 N–H and O–H groups in total. The minimum atomic E-state index is -0.972. The number of rotatable bonds is 1. The summed E-state index contributed by atoms with van der Waals surface area (Å²) in [5.41, 5.74) is -1.54. The van der Waals surface area contributed by atoms with Crippen molar-refractivity contribution in [3.63, 3.8) is 0 Å². The van der Waals surface area contributed by atoms with E-state index in [4.69, 9.17) is 9.47 Å². The molecule has 1 heterocycles. The van der Waals surface area contributed by atoms with Crippen molar-refractivity contribution in [2.24, 2.45) is 22.7 Å². The molecule has 2 aliphatic carbocycles. The van der Waals surface area contributed by atoms with Gasteiger partial charge in [-0.25, -0.2) is 0 Å². The van der Waals surface area contributed by atoms with Crippen molar-refractivity contribution in [2.75, 3.05) is 0 Å². The van der Waals surface area contributed by atoms with E-state index in [1.54, 1.807) is 20.8 Å². The Kier molecular flexibility index (Phi) is 2.30. The monoisotopic (exact) mass is 263 g/mol. The van der Waals surface area contributed by atoms with Gasteiger partial charge in [-0.1, -0.05) is 0 Å². The normalized spacial score (nSPS) is 42.9. The number of fused-ring (bicyclic) bond motifs is 1. The summed E-state index contributed by atoms with van der Waals surface area (Å²) in [6.45, 7) is 5.38. The van der Waals surface area contributed by atoms with Crippen LogP contribution in [0.1, 0.15) is 33.6 Å². The average Bonchev–Trinajstić information content (AvgIpc) is 2.89. The van der Waals surface area contributed by atoms with E-state index >= 15 is 0 Å². The number of hydrogen-bond acceptors (Lipinski definition) is 5. The fourth-order valence-corrected chi connectivity index (χ4v) is 3.59. The lowest BCUT2D eigenvalue weighted by molar-refractivity contribution is -0.169. The number of hydrogen-bond donors (Lipinski definition) is 0. The standard InChI is InChI=1S/C14H17NO4/c1-13(2,3)11(16)18-9-7-4-8-10(9)19-12(17)14(8,5-7)6-15/h7-10H,4-5H2,1-3H3. The molecule has 2 saturated carbocycles. The highest BCUT2D eigenvalue weighted by molar-refractivity contribution is 5.84. The Morgan fingerprint density at radius 1 is 1.53 bits per heavy atom. The third-order valence-electron chi connectivity index (χ3n) is 4.62. The molecule has 102 valence electrons. The van der Waals surface area contributed by atoms with E-state index in [0.29, 0.717) is 6.42 Å². The molecular formula is C14H17NO4. The molecule has 2 bridgehead atoms. The fraction of sp³-hybridized carbons (Fsp3) is 0.786. The summed E-state index contributed by atoms with van der Waals surface area (Å²) in [5, 5.41) is 9.27. The topological polar surface area (TPSA) is 76.4 Å². The van der Waals surface area contributed by atoms with Gasteiger partial charge >= 0.3 is 11.9 Å². The van der Waals surface area contributed by atoms with Crippen LogP contribution in [0.4, 0.5) is 0 Å². The largest absolute Gasteiger partial charge is 0.458 e. The SMILES string of the molecule is CC(C)(C)C(=O)OC1C2CC3C1OC(=O)C3(C#N)C2. The molecule has 3 aliphatic rings. The molecule has 0 aromatic heterocycles. The first-order valence-corrected chi connectivity index (χ1v) is 6.63. The molecule has 1 saturated heterocycles. The van der Waals surface area contributed by atoms with Gasteiger partial charge in [0.15, 0.2) is 5.41 Å². The number of ether oxygens (including phenoxy) is 2. The number of nitriles is 1. The molecule has 5 atom stereocenters. The maximum atomic E-state index is 12.0. The zero-order chi connectivity index (χ0) is 14.0. The summed E-state index contributed by atoms with van der Waals surface area (Å²) >= 11 is 0. The smallest absolute Gasteiger partial charge is 0.327 e. The van der Waals surface area contributed by atoms with E-state index in [-0.39, 0.29) is 23.9 Å². The van der Waals surface area contributed by atoms with Gasteiger partial charge in [0.1, 0.15) is 12.2 Å². The van der Waals surface area contributed by atoms with Crippen LogP contribution in [-0.4, -0.2) is 24.1 Å². The summed E-state index contributed by atoms with van der Waals surface area (Å²) in [6, 6.07) is 2.14. The molecule has 0 radical (unpaired) electrons. The van der Waals surface area contributed by atoms with E-state index in [1.165, 1.54) is 0 Å². The van der Waals surface area contributed by atoms with Crippen LogP contribution in [0, 0.1) is 34.0 Å². The second-order valence-electron chi connectivity index (χ2n) is 6.88. The van der Waals surface area contributed by atoms with Crippen molar-refractivity contribution in [1.29, 1.82) is 5.26 Å². The first-order chi connectivity index (χ1) is 8.79. The Balaban J connectivity index is 1.82. The van der Waals surface area contributed by atoms with Crippen LogP contribution >= 0.6 is 0 Å². The summed E-state index contributed by atoms with van der Waals surface area (Å²) < 4.78 is 10.9. The van der Waals surface area contributed by atoms with Gasteiger partial charge in [-0.3, -0.25) is 9.59 Å². The third-order valence-corrected chi connectivity index (χ3v) is 4.62. The zero-order valence-corrected chi connectivity index (χ0v) is 11.3. The van der Waals surface area contributed by atoms with E-state index < -0.39 is 22.9 Å². The molecule has 5 nitrogen and oxygen atoms in total. The number of nitrogens with zero attached hydrogens (tertiary/aromatic N) is 1. The third kappa shape index (κ3) is 1.46. The van der Waals surface area contributed by atoms with Gasteiger partial charge in [0.2, 0.25) is 0 Å². The predicted octanol–water partition coefficient (Wildman–Crippen LogP) is 1.42. The minimum absolute atomic E-state index is 0.0763. The molecule has 0 amide bonds. The van der Waals surface area contributed by atoms with E-state index in [2.05, 4.69) is 6.07 Å². The van der Waals surface area contributed by atoms with Crippen LogP contribution in [0.2, 0.25) is 0 Å². The van der Waals surface area contributed by atoms with Gasteiger partial charge in [-0.2, -0.15) is 5.26 Å². The number of esters is 2. The molecule has 0 spiro atoms. The van der Waals surface area contributed by atoms with E-state index in [0.717, 1.165) is 6.42 Å². The summed E-state index contributed by atoms with van der Waals surface area (Å²) in [4.78, 5) is 23.9. The Bertz CT molecular complexity index is 501. The lowest BCUT2D eigenvalue weighted by atomic mass is 9.74. The first kappa shape index (κ1) is 12.5. The molecular weight excluding hydrogens is 246 g/mol. The van der Waals surface area contributed by atoms with Gasteiger partial charge in [-0.05, 0) is 33.6 Å². The highest BCUT2D eigenvalue weighted by atomic mass is 16.6. The van der Waals surface area contributed by atoms with E-state index in [1.807, 2.05) is 0 Å². The highest BCUT2D eigenvalue weighted by Crippen LogP contribution is 2.62. The Morgan fingerprint density at radius 3 is 2.79 bits per heavy atom. The predicted molar refractivity (Wildman–Crippen MR) is 63.5 cm³/mol. The molecule has 5 heteroatoms. The summed E-state index contributed by atoms with van der Waals surface area (Å²) in [5.74, 6) is -0.738. The first-order valence-electron chi connectivity index (χ1n) is 6.63. The lowest BCUT2D eigenvalue weighted by Crippen LogP contribution is -2.41. The average molecular weight is 263 g/mol. The Hall–Kier alpha value is -1.57. The maximum Gasteiger partial charge on any atom is 0.327 e. The number of carbonyl (C=O) groups excluding carboxylic acids is 2. The van der Waals surface area contributed by atoms with Crippen LogP contribution in [0.15, 0.2) is 0 Å². The van der Waals surface area contributed by atoms with Crippen molar-refractivity contribution in [2.45, 2.75) is 45.8 Å². The molecule has 0 aromatic rings. The van der Waals surface area contributed by atoms with Crippen LogP contribution < -0.4 is 0 Å². The Morgan fingerprint density at radius 2 is 2.21 bits per heavy atom. The molecule has 3 rings (SSSR count). The Labute approximate surface area is 111 Å². The van der Waals surface area contributed by atoms with Crippen molar-refractivity contribution in [1.82, 2.24) is 0 Å². The van der Waals surface area contributed by atoms with Gasteiger partial charge in [0, 0.05) is 11.8 Å². The van der Waals surface area contributed by atoms with Crippen LogP contribution in [0.3, 0.4) is 0 Å². The molecule has 3 fully saturated rings. The molecule has 5 unspecified atom stereocenters. The van der Waals surface area contributed by atoms with Crippen LogP contribution in [0.5, 0.6) is 0 Å². The second kappa shape index (κ2) is 3.50. The molecule has 0 aromatic carbocycles. The zero-order valence-electron chi connectivity index (χ0n) is 11.3. The second-order valence-corrected chi connectivity index (χ2v) is 6.88. The number of carbonyl (C=O) groups is 2. The van der Waals surface area contributed by atoms with E-state index in [9.17, 15) is 14.9 Å². The maximum absolute atomic E-state index is 12.0. The van der Waals surface area contributed by atoms with Crippen molar-refractivity contribution >= 4 is 11.9 Å². The van der Waals surface area contributed by atoms with Gasteiger partial charge in [0.05, 0.1) is 11.5 Å². The molecule has 19 heavy (non-hydrogen) atoms. The lowest BCUT2D eigenvalue weighted by Gasteiger charge is -2.30. The highest BCUT2D eigenvalue weighted by Gasteiger charge is 2.72. The van der Waals surface area contributed by atoms with Crippen LogP contribution in [-0.2, 0) is 19.1 Å². The van der Waals surface area contributed by atoms with Crippen molar-refractivity contribution in [3.05, 3.63) is 0 Å². The minimum Gasteiger partial charge on any atom is -0.458 e. The van der Waals surface area contributed by atoms with Gasteiger partial charge in [0.25, 0.3) is 0 Å². The fourth-order valence-electron chi connectivity index (χ4n) is 3.59. The summed E-state index contributed by atoms with van der Waals surface area (Å²) in [6.07, 6.45) is 0.416. The van der Waals surface area contributed by atoms with Crippen molar-refractivity contribution < 1.29 is 19.1 Å². The quantitative estimate of drug-likeness (QED) is 0.669.